The summed E-state index contributed by atoms with van der Waals surface area (Å²) in [5.74, 6) is 1.75. The van der Waals surface area contributed by atoms with E-state index in [0.29, 0.717) is 18.5 Å². The van der Waals surface area contributed by atoms with Crippen LogP contribution in [0.25, 0.3) is 11.0 Å². The van der Waals surface area contributed by atoms with Crippen molar-refractivity contribution in [3.8, 4) is 0 Å². The third kappa shape index (κ3) is 2.83. The van der Waals surface area contributed by atoms with Gasteiger partial charge in [-0.2, -0.15) is 0 Å². The minimum atomic E-state index is 0.228. The third-order valence-corrected chi connectivity index (χ3v) is 4.61. The third-order valence-electron chi connectivity index (χ3n) is 4.61. The summed E-state index contributed by atoms with van der Waals surface area (Å²) in [7, 11) is 2.09. The fourth-order valence-corrected chi connectivity index (χ4v) is 3.37. The molecular weight excluding hydrogens is 278 g/mol. The molecule has 3 rings (SSSR count). The standard InChI is InChI=1S/C16H23N5O/c1-11-5-7-21(8-12(2)22)9-14(11)20(3)16-13-4-6-17-15(13)18-10-19-16/h4,6,10-11,14H,5,7-9H2,1-3H3,(H,17,18,19). The number of Topliss-reactive ketones (excluding diaryl/α,β-unsaturated/α-hetero) is 1. The first-order valence-electron chi connectivity index (χ1n) is 7.79. The summed E-state index contributed by atoms with van der Waals surface area (Å²) in [4.78, 5) is 27.8. The van der Waals surface area contributed by atoms with Gasteiger partial charge in [-0.25, -0.2) is 9.97 Å². The first-order valence-corrected chi connectivity index (χ1v) is 7.79. The van der Waals surface area contributed by atoms with Gasteiger partial charge in [-0.15, -0.1) is 0 Å². The normalized spacial score (nSPS) is 22.9. The zero-order valence-electron chi connectivity index (χ0n) is 13.4. The molecule has 2 aromatic heterocycles. The zero-order chi connectivity index (χ0) is 15.7. The lowest BCUT2D eigenvalue weighted by molar-refractivity contribution is -0.118. The Labute approximate surface area is 130 Å². The Morgan fingerprint density at radius 2 is 2.32 bits per heavy atom. The van der Waals surface area contributed by atoms with Crippen LogP contribution in [-0.2, 0) is 4.79 Å². The molecule has 2 aromatic rings. The van der Waals surface area contributed by atoms with Crippen LogP contribution in [0.3, 0.4) is 0 Å². The summed E-state index contributed by atoms with van der Waals surface area (Å²) in [6.45, 7) is 6.37. The molecule has 1 N–H and O–H groups in total. The molecule has 0 saturated carbocycles. The highest BCUT2D eigenvalue weighted by Crippen LogP contribution is 2.28. The highest BCUT2D eigenvalue weighted by Gasteiger charge is 2.30. The fourth-order valence-electron chi connectivity index (χ4n) is 3.37. The van der Waals surface area contributed by atoms with Crippen LogP contribution < -0.4 is 4.90 Å². The van der Waals surface area contributed by atoms with Crippen molar-refractivity contribution >= 4 is 22.6 Å². The van der Waals surface area contributed by atoms with Crippen molar-refractivity contribution < 1.29 is 4.79 Å². The van der Waals surface area contributed by atoms with Crippen molar-refractivity contribution in [1.29, 1.82) is 0 Å². The molecule has 6 heteroatoms. The first kappa shape index (κ1) is 15.0. The number of H-pyrrole nitrogens is 1. The molecule has 1 aliphatic rings. The number of likely N-dealkylation sites (N-methyl/N-ethyl adjacent to an activating group) is 1. The highest BCUT2D eigenvalue weighted by molar-refractivity contribution is 5.87. The van der Waals surface area contributed by atoms with Gasteiger partial charge in [0.2, 0.25) is 0 Å². The number of hydrogen-bond donors (Lipinski definition) is 1. The van der Waals surface area contributed by atoms with Crippen LogP contribution in [0.4, 0.5) is 5.82 Å². The lowest BCUT2D eigenvalue weighted by atomic mass is 9.92. The molecule has 0 amide bonds. The maximum atomic E-state index is 11.4. The van der Waals surface area contributed by atoms with Crippen LogP contribution in [0.5, 0.6) is 0 Å². The predicted octanol–water partition coefficient (Wildman–Crippen LogP) is 1.69. The number of aromatic nitrogens is 3. The summed E-state index contributed by atoms with van der Waals surface area (Å²) in [5.41, 5.74) is 0.862. The molecule has 0 spiro atoms. The molecule has 2 unspecified atom stereocenters. The minimum absolute atomic E-state index is 0.228. The van der Waals surface area contributed by atoms with Crippen molar-refractivity contribution in [3.63, 3.8) is 0 Å². The van der Waals surface area contributed by atoms with Crippen LogP contribution in [0.2, 0.25) is 0 Å². The number of aromatic amines is 1. The number of anilines is 1. The van der Waals surface area contributed by atoms with Gasteiger partial charge in [0, 0.05) is 25.8 Å². The van der Waals surface area contributed by atoms with Gasteiger partial charge in [0.05, 0.1) is 11.9 Å². The lowest BCUT2D eigenvalue weighted by Crippen LogP contribution is -2.52. The fraction of sp³-hybridized carbons (Fsp3) is 0.562. The van der Waals surface area contributed by atoms with Crippen LogP contribution in [0, 0.1) is 5.92 Å². The van der Waals surface area contributed by atoms with Gasteiger partial charge >= 0.3 is 0 Å². The number of fused-ring (bicyclic) bond motifs is 1. The summed E-state index contributed by atoms with van der Waals surface area (Å²) in [5, 5.41) is 1.04. The van der Waals surface area contributed by atoms with E-state index in [9.17, 15) is 4.79 Å². The Morgan fingerprint density at radius 3 is 3.09 bits per heavy atom. The Bertz CT molecular complexity index is 667. The van der Waals surface area contributed by atoms with Crippen LogP contribution in [-0.4, -0.2) is 58.4 Å². The van der Waals surface area contributed by atoms with E-state index in [2.05, 4.69) is 38.7 Å². The SMILES string of the molecule is CC(=O)CN1CCC(C)C(N(C)c2ncnc3[nH]ccc23)C1. The van der Waals surface area contributed by atoms with Gasteiger partial charge in [0.25, 0.3) is 0 Å². The van der Waals surface area contributed by atoms with Gasteiger partial charge < -0.3 is 9.88 Å². The second-order valence-electron chi connectivity index (χ2n) is 6.32. The number of hydrogen-bond acceptors (Lipinski definition) is 5. The van der Waals surface area contributed by atoms with E-state index < -0.39 is 0 Å². The Morgan fingerprint density at radius 1 is 1.50 bits per heavy atom. The minimum Gasteiger partial charge on any atom is -0.354 e. The molecule has 2 atom stereocenters. The van der Waals surface area contributed by atoms with Gasteiger partial charge in [0.1, 0.15) is 23.6 Å². The molecule has 0 radical (unpaired) electrons. The predicted molar refractivity (Wildman–Crippen MR) is 87.0 cm³/mol. The summed E-state index contributed by atoms with van der Waals surface area (Å²) in [6.07, 6.45) is 4.60. The number of piperidine rings is 1. The topological polar surface area (TPSA) is 65.1 Å². The largest absolute Gasteiger partial charge is 0.354 e. The highest BCUT2D eigenvalue weighted by atomic mass is 16.1. The summed E-state index contributed by atoms with van der Waals surface area (Å²) in [6, 6.07) is 2.36. The van der Waals surface area contributed by atoms with Crippen molar-refractivity contribution in [3.05, 3.63) is 18.6 Å². The molecule has 1 saturated heterocycles. The quantitative estimate of drug-likeness (QED) is 0.931. The second kappa shape index (κ2) is 6.04. The van der Waals surface area contributed by atoms with Crippen LogP contribution in [0.1, 0.15) is 20.3 Å². The number of rotatable bonds is 4. The number of likely N-dealkylation sites (tertiary alicyclic amines) is 1. The van der Waals surface area contributed by atoms with E-state index in [-0.39, 0.29) is 5.78 Å². The molecule has 1 fully saturated rings. The van der Waals surface area contributed by atoms with E-state index in [4.69, 9.17) is 0 Å². The molecule has 22 heavy (non-hydrogen) atoms. The molecule has 118 valence electrons. The number of nitrogens with zero attached hydrogens (tertiary/aromatic N) is 4. The van der Waals surface area contributed by atoms with Crippen LogP contribution in [0.15, 0.2) is 18.6 Å². The van der Waals surface area contributed by atoms with Gasteiger partial charge in [-0.3, -0.25) is 9.69 Å². The molecule has 0 bridgehead atoms. The summed E-state index contributed by atoms with van der Waals surface area (Å²) < 4.78 is 0. The number of carbonyl (C=O) groups excluding carboxylic acids is 1. The maximum absolute atomic E-state index is 11.4. The van der Waals surface area contributed by atoms with Crippen molar-refractivity contribution in [2.45, 2.75) is 26.3 Å². The van der Waals surface area contributed by atoms with E-state index in [1.54, 1.807) is 13.3 Å². The number of ketones is 1. The Balaban J connectivity index is 1.84. The average molecular weight is 301 g/mol. The van der Waals surface area contributed by atoms with Crippen LogP contribution >= 0.6 is 0 Å². The van der Waals surface area contributed by atoms with Gasteiger partial charge in [0.15, 0.2) is 0 Å². The monoisotopic (exact) mass is 301 g/mol. The van der Waals surface area contributed by atoms with E-state index >= 15 is 0 Å². The maximum Gasteiger partial charge on any atom is 0.143 e. The van der Waals surface area contributed by atoms with Crippen molar-refractivity contribution in [2.75, 3.05) is 31.6 Å². The van der Waals surface area contributed by atoms with Gasteiger partial charge in [-0.05, 0) is 31.9 Å². The molecule has 3 heterocycles. The Kier molecular flexibility index (Phi) is 4.11. The first-order chi connectivity index (χ1) is 10.6. The molecule has 0 aromatic carbocycles. The number of nitrogens with one attached hydrogen (secondary N) is 1. The van der Waals surface area contributed by atoms with Crippen molar-refractivity contribution in [1.82, 2.24) is 19.9 Å². The molecule has 0 aliphatic carbocycles. The molecule has 6 nitrogen and oxygen atoms in total. The van der Waals surface area contributed by atoms with Gasteiger partial charge in [-0.1, -0.05) is 6.92 Å². The Hall–Kier alpha value is -1.95. The van der Waals surface area contributed by atoms with Crippen molar-refractivity contribution in [2.24, 2.45) is 5.92 Å². The lowest BCUT2D eigenvalue weighted by Gasteiger charge is -2.42. The summed E-state index contributed by atoms with van der Waals surface area (Å²) >= 11 is 0. The smallest absolute Gasteiger partial charge is 0.143 e. The average Bonchev–Trinajstić information content (AvgIpc) is 2.96. The molecule has 1 aliphatic heterocycles. The second-order valence-corrected chi connectivity index (χ2v) is 6.32. The van der Waals surface area contributed by atoms with E-state index in [1.165, 1.54) is 0 Å². The number of carbonyl (C=O) groups is 1. The zero-order valence-corrected chi connectivity index (χ0v) is 13.4. The van der Waals surface area contributed by atoms with E-state index in [0.717, 1.165) is 36.4 Å². The molecular formula is C16H23N5O. The van der Waals surface area contributed by atoms with E-state index in [1.807, 2.05) is 12.3 Å².